The maximum Gasteiger partial charge on any atom is 0.242 e. The lowest BCUT2D eigenvalue weighted by molar-refractivity contribution is -0.130. The highest BCUT2D eigenvalue weighted by Crippen LogP contribution is 2.19. The number of rotatable bonds is 6. The van der Waals surface area contributed by atoms with Crippen molar-refractivity contribution in [1.29, 1.82) is 0 Å². The molecular weight excluding hydrogens is 400 g/mol. The number of nitrogens with zero attached hydrogens (tertiary/aromatic N) is 3. The summed E-state index contributed by atoms with van der Waals surface area (Å²) in [5.74, 6) is 0.754. The van der Waals surface area contributed by atoms with Crippen LogP contribution >= 0.6 is 0 Å². The third-order valence-corrected chi connectivity index (χ3v) is 5.99. The fourth-order valence-corrected chi connectivity index (χ4v) is 4.17. The van der Waals surface area contributed by atoms with Crippen LogP contribution in [0.25, 0.3) is 10.9 Å². The number of anilines is 1. The predicted octanol–water partition coefficient (Wildman–Crippen LogP) is 2.53. The lowest BCUT2D eigenvalue weighted by atomic mass is 10.1. The second-order valence-corrected chi connectivity index (χ2v) is 8.17. The van der Waals surface area contributed by atoms with Crippen LogP contribution in [0.1, 0.15) is 11.1 Å². The minimum atomic E-state index is 0.104. The van der Waals surface area contributed by atoms with Crippen LogP contribution in [0.4, 0.5) is 5.69 Å². The molecule has 3 aromatic rings. The molecule has 3 N–H and O–H groups in total. The Morgan fingerprint density at radius 1 is 1.06 bits per heavy atom. The molecule has 1 amide bonds. The molecule has 4 rings (SSSR count). The summed E-state index contributed by atoms with van der Waals surface area (Å²) in [7, 11) is 1.73. The normalized spacial score (nSPS) is 14.6. The molecule has 32 heavy (non-hydrogen) atoms. The van der Waals surface area contributed by atoms with Gasteiger partial charge in [-0.15, -0.1) is 0 Å². The molecule has 0 saturated carbocycles. The summed E-state index contributed by atoms with van der Waals surface area (Å²) in [5, 5.41) is 7.73. The molecular formula is C25H32N6O. The van der Waals surface area contributed by atoms with E-state index >= 15 is 0 Å². The van der Waals surface area contributed by atoms with E-state index in [1.165, 1.54) is 27.7 Å². The van der Waals surface area contributed by atoms with Crippen molar-refractivity contribution in [2.24, 2.45) is 4.99 Å². The Morgan fingerprint density at radius 2 is 1.84 bits per heavy atom. The van der Waals surface area contributed by atoms with Gasteiger partial charge in [0.15, 0.2) is 5.96 Å². The van der Waals surface area contributed by atoms with Crippen molar-refractivity contribution in [2.45, 2.75) is 13.3 Å². The Labute approximate surface area is 189 Å². The number of hydrogen-bond acceptors (Lipinski definition) is 3. The van der Waals surface area contributed by atoms with Gasteiger partial charge in [-0.2, -0.15) is 0 Å². The topological polar surface area (TPSA) is 75.8 Å². The first-order chi connectivity index (χ1) is 15.6. The first kappa shape index (κ1) is 21.7. The molecule has 1 aliphatic heterocycles. The summed E-state index contributed by atoms with van der Waals surface area (Å²) >= 11 is 0. The summed E-state index contributed by atoms with van der Waals surface area (Å²) < 4.78 is 0. The van der Waals surface area contributed by atoms with Crippen molar-refractivity contribution in [1.82, 2.24) is 20.5 Å². The molecule has 1 fully saturated rings. The molecule has 0 aliphatic carbocycles. The van der Waals surface area contributed by atoms with Gasteiger partial charge in [-0.05, 0) is 42.7 Å². The van der Waals surface area contributed by atoms with Crippen molar-refractivity contribution >= 4 is 28.5 Å². The summed E-state index contributed by atoms with van der Waals surface area (Å²) in [5.41, 5.74) is 4.91. The van der Waals surface area contributed by atoms with Gasteiger partial charge in [-0.3, -0.25) is 9.79 Å². The van der Waals surface area contributed by atoms with Crippen LogP contribution in [0.15, 0.2) is 59.7 Å². The number of aryl methyl sites for hydroxylation is 1. The predicted molar refractivity (Wildman–Crippen MR) is 131 cm³/mol. The van der Waals surface area contributed by atoms with Crippen molar-refractivity contribution < 1.29 is 4.79 Å². The Morgan fingerprint density at radius 3 is 2.59 bits per heavy atom. The van der Waals surface area contributed by atoms with Gasteiger partial charge in [-0.25, -0.2) is 0 Å². The zero-order chi connectivity index (χ0) is 22.3. The Hall–Kier alpha value is -3.48. The van der Waals surface area contributed by atoms with Crippen LogP contribution in [-0.2, 0) is 11.2 Å². The number of hydrogen-bond donors (Lipinski definition) is 3. The zero-order valence-electron chi connectivity index (χ0n) is 18.9. The second-order valence-electron chi connectivity index (χ2n) is 8.17. The van der Waals surface area contributed by atoms with Crippen molar-refractivity contribution in [3.63, 3.8) is 0 Å². The number of para-hydroxylation sites is 1. The monoisotopic (exact) mass is 432 g/mol. The number of carbonyl (C=O) groups excluding carboxylic acids is 1. The van der Waals surface area contributed by atoms with E-state index in [1.54, 1.807) is 7.05 Å². The summed E-state index contributed by atoms with van der Waals surface area (Å²) in [4.78, 5) is 24.5. The second kappa shape index (κ2) is 10.2. The number of H-pyrrole nitrogens is 1. The van der Waals surface area contributed by atoms with Gasteiger partial charge in [0.25, 0.3) is 0 Å². The molecule has 0 radical (unpaired) electrons. The first-order valence-corrected chi connectivity index (χ1v) is 11.2. The average Bonchev–Trinajstić information content (AvgIpc) is 3.23. The van der Waals surface area contributed by atoms with Gasteiger partial charge in [0, 0.05) is 62.6 Å². The van der Waals surface area contributed by atoms with E-state index in [1.807, 2.05) is 11.0 Å². The van der Waals surface area contributed by atoms with E-state index in [0.717, 1.165) is 39.1 Å². The van der Waals surface area contributed by atoms with Crippen LogP contribution in [0.2, 0.25) is 0 Å². The van der Waals surface area contributed by atoms with E-state index in [4.69, 9.17) is 0 Å². The zero-order valence-corrected chi connectivity index (χ0v) is 18.9. The fraction of sp³-hybridized carbons (Fsp3) is 0.360. The third-order valence-electron chi connectivity index (χ3n) is 5.99. The fourth-order valence-electron chi connectivity index (χ4n) is 4.17. The summed E-state index contributed by atoms with van der Waals surface area (Å²) in [6.45, 7) is 6.27. The molecule has 2 heterocycles. The average molecular weight is 433 g/mol. The summed E-state index contributed by atoms with van der Waals surface area (Å²) in [6, 6.07) is 16.8. The number of aromatic nitrogens is 1. The van der Waals surface area contributed by atoms with Crippen LogP contribution in [0.3, 0.4) is 0 Å². The molecule has 1 aliphatic rings. The molecule has 0 spiro atoms. The van der Waals surface area contributed by atoms with Gasteiger partial charge in [0.2, 0.25) is 5.91 Å². The van der Waals surface area contributed by atoms with Gasteiger partial charge in [-0.1, -0.05) is 30.3 Å². The first-order valence-electron chi connectivity index (χ1n) is 11.2. The SMILES string of the molecule is CN=C(NCCc1c[nH]c2cc(C)ccc12)NCC(=O)N1CCN(c2ccccc2)CC1. The maximum atomic E-state index is 12.7. The third kappa shape index (κ3) is 5.22. The minimum Gasteiger partial charge on any atom is -0.368 e. The molecule has 7 nitrogen and oxygen atoms in total. The number of amides is 1. The highest BCUT2D eigenvalue weighted by atomic mass is 16.2. The minimum absolute atomic E-state index is 0.104. The number of aliphatic imine (C=N–C) groups is 1. The Balaban J connectivity index is 1.20. The van der Waals surface area contributed by atoms with Crippen LogP contribution in [0, 0.1) is 6.92 Å². The molecule has 168 valence electrons. The molecule has 2 aromatic carbocycles. The number of nitrogens with one attached hydrogen (secondary N) is 3. The van der Waals surface area contributed by atoms with Gasteiger partial charge < -0.3 is 25.4 Å². The molecule has 0 unspecified atom stereocenters. The van der Waals surface area contributed by atoms with Crippen molar-refractivity contribution in [3.8, 4) is 0 Å². The Bertz CT molecular complexity index is 1070. The molecule has 1 saturated heterocycles. The molecule has 7 heteroatoms. The quantitative estimate of drug-likeness (QED) is 0.413. The van der Waals surface area contributed by atoms with E-state index in [-0.39, 0.29) is 12.5 Å². The van der Waals surface area contributed by atoms with E-state index < -0.39 is 0 Å². The number of benzene rings is 2. The van der Waals surface area contributed by atoms with E-state index in [2.05, 4.69) is 81.1 Å². The number of piperazine rings is 1. The van der Waals surface area contributed by atoms with Crippen LogP contribution in [0.5, 0.6) is 0 Å². The largest absolute Gasteiger partial charge is 0.368 e. The van der Waals surface area contributed by atoms with Crippen LogP contribution in [-0.4, -0.2) is 68.1 Å². The lowest BCUT2D eigenvalue weighted by Crippen LogP contribution is -2.52. The van der Waals surface area contributed by atoms with E-state index in [0.29, 0.717) is 5.96 Å². The van der Waals surface area contributed by atoms with Crippen molar-refractivity contribution in [2.75, 3.05) is 51.2 Å². The molecule has 0 bridgehead atoms. The van der Waals surface area contributed by atoms with Crippen LogP contribution < -0.4 is 15.5 Å². The molecule has 1 aromatic heterocycles. The molecule has 0 atom stereocenters. The standard InChI is InChI=1S/C25H32N6O/c1-19-8-9-22-20(17-28-23(22)16-19)10-11-27-25(26-2)29-18-24(32)31-14-12-30(13-15-31)21-6-4-3-5-7-21/h3-9,16-17,28H,10-15,18H2,1-2H3,(H2,26,27,29). The number of guanidine groups is 1. The number of aromatic amines is 1. The van der Waals surface area contributed by atoms with Gasteiger partial charge >= 0.3 is 0 Å². The van der Waals surface area contributed by atoms with Crippen molar-refractivity contribution in [3.05, 3.63) is 65.9 Å². The summed E-state index contributed by atoms with van der Waals surface area (Å²) in [6.07, 6.45) is 2.94. The van der Waals surface area contributed by atoms with Gasteiger partial charge in [0.05, 0.1) is 6.54 Å². The highest BCUT2D eigenvalue weighted by Gasteiger charge is 2.21. The number of fused-ring (bicyclic) bond motifs is 1. The maximum absolute atomic E-state index is 12.7. The van der Waals surface area contributed by atoms with Gasteiger partial charge in [0.1, 0.15) is 0 Å². The Kier molecular flexibility index (Phi) is 6.94. The van der Waals surface area contributed by atoms with E-state index in [9.17, 15) is 4.79 Å². The lowest BCUT2D eigenvalue weighted by Gasteiger charge is -2.36. The number of carbonyl (C=O) groups is 1. The smallest absolute Gasteiger partial charge is 0.242 e. The highest BCUT2D eigenvalue weighted by molar-refractivity contribution is 5.87.